The number of carbonyl (C=O) groups is 4. The number of aromatic nitrogens is 4. The number of fused-ring (bicyclic) bond motifs is 2. The molecule has 58 heavy (non-hydrogen) atoms. The van der Waals surface area contributed by atoms with Crippen LogP contribution in [-0.2, 0) is 19.1 Å². The van der Waals surface area contributed by atoms with Crippen LogP contribution in [0.15, 0.2) is 60.8 Å². The summed E-state index contributed by atoms with van der Waals surface area (Å²) in [4.78, 5) is 72.1. The Kier molecular flexibility index (Phi) is 12.0. The molecular weight excluding hydrogens is 737 g/mol. The number of rotatable bonds is 12. The highest BCUT2D eigenvalue weighted by Gasteiger charge is 2.39. The van der Waals surface area contributed by atoms with E-state index in [1.807, 2.05) is 49.8 Å². The fourth-order valence-corrected chi connectivity index (χ4v) is 8.34. The van der Waals surface area contributed by atoms with E-state index in [2.05, 4.69) is 69.1 Å². The van der Waals surface area contributed by atoms with Crippen LogP contribution in [0, 0.1) is 11.8 Å². The molecule has 14 nitrogen and oxygen atoms in total. The van der Waals surface area contributed by atoms with Gasteiger partial charge in [0.1, 0.15) is 23.7 Å². The maximum absolute atomic E-state index is 13.8. The Bertz CT molecular complexity index is 2300. The number of H-pyrrole nitrogens is 2. The maximum atomic E-state index is 13.8. The maximum Gasteiger partial charge on any atom is 0.407 e. The van der Waals surface area contributed by atoms with Crippen LogP contribution in [0.1, 0.15) is 90.0 Å². The van der Waals surface area contributed by atoms with Gasteiger partial charge in [-0.15, -0.1) is 0 Å². The molecule has 2 aromatic heterocycles. The number of imidazole rings is 2. The Balaban J connectivity index is 1.07. The first-order chi connectivity index (χ1) is 28.0. The molecule has 2 aliphatic rings. The molecule has 5 aromatic rings. The van der Waals surface area contributed by atoms with E-state index in [4.69, 9.17) is 19.4 Å². The summed E-state index contributed by atoms with van der Waals surface area (Å²) in [6.07, 6.45) is 5.32. The van der Waals surface area contributed by atoms with E-state index in [0.717, 1.165) is 94.4 Å². The highest BCUT2D eigenvalue weighted by atomic mass is 16.5. The lowest BCUT2D eigenvalue weighted by Gasteiger charge is -2.30. The van der Waals surface area contributed by atoms with Crippen molar-refractivity contribution in [1.29, 1.82) is 0 Å². The third kappa shape index (κ3) is 8.09. The van der Waals surface area contributed by atoms with Gasteiger partial charge in [-0.1, -0.05) is 70.9 Å². The van der Waals surface area contributed by atoms with Crippen molar-refractivity contribution in [2.75, 3.05) is 27.3 Å². The Morgan fingerprint density at radius 1 is 0.724 bits per heavy atom. The zero-order valence-corrected chi connectivity index (χ0v) is 34.1. The van der Waals surface area contributed by atoms with E-state index >= 15 is 0 Å². The number of nitrogens with zero attached hydrogens (tertiary/aromatic N) is 4. The smallest absolute Gasteiger partial charge is 0.407 e. The molecule has 0 radical (unpaired) electrons. The number of likely N-dealkylation sites (tertiary alicyclic amines) is 2. The molecule has 0 spiro atoms. The largest absolute Gasteiger partial charge is 0.453 e. The molecule has 0 bridgehead atoms. The number of methoxy groups -OCH3 is 2. The van der Waals surface area contributed by atoms with Crippen LogP contribution in [0.4, 0.5) is 9.59 Å². The number of ether oxygens (including phenoxy) is 2. The predicted octanol–water partition coefficient (Wildman–Crippen LogP) is 7.64. The van der Waals surface area contributed by atoms with Gasteiger partial charge in [-0.25, -0.2) is 19.6 Å². The standard InChI is InChI=1S/C44H54N8O6/c1-7-25(3)37(49-43(55)57-5)41(53)51-19-9-11-35(51)39-45-24-34(48-39)31-16-15-27-21-28(13-14-29(27)22-31)30-17-18-32-33(23-30)47-40(46-32)36-12-10-20-52(36)42(54)38(26(4)8-2)50-44(56)58-6/h13-18,21-26,35-38H,7-12,19-20H2,1-6H3,(H,45,48)(H,46,47)(H,49,55)(H,50,56)/t25-,26-,35-,36-,37-,38-/m0/s1. The van der Waals surface area contributed by atoms with E-state index in [9.17, 15) is 19.2 Å². The van der Waals surface area contributed by atoms with Gasteiger partial charge in [-0.2, -0.15) is 0 Å². The fourth-order valence-electron chi connectivity index (χ4n) is 8.34. The predicted molar refractivity (Wildman–Crippen MR) is 222 cm³/mol. The molecule has 6 atom stereocenters. The summed E-state index contributed by atoms with van der Waals surface area (Å²) in [6.45, 7) is 9.11. The van der Waals surface area contributed by atoms with Gasteiger partial charge in [-0.05, 0) is 83.7 Å². The van der Waals surface area contributed by atoms with Crippen molar-refractivity contribution in [3.05, 3.63) is 72.4 Å². The minimum Gasteiger partial charge on any atom is -0.453 e. The van der Waals surface area contributed by atoms with Gasteiger partial charge in [0.25, 0.3) is 0 Å². The topological polar surface area (TPSA) is 175 Å². The van der Waals surface area contributed by atoms with Crippen LogP contribution in [0.5, 0.6) is 0 Å². The SMILES string of the molecule is CC[C@H](C)[C@H](NC(=O)OC)C(=O)N1CCC[C@H]1c1ncc(-c2ccc3cc(-c4ccc5nc([C@@H]6CCCN6C(=O)[C@@H](NC(=O)OC)[C@@H](C)CC)[nH]c5c4)ccc3c2)[nH]1. The lowest BCUT2D eigenvalue weighted by atomic mass is 9.97. The molecule has 4 N–H and O–H groups in total. The molecule has 3 aromatic carbocycles. The summed E-state index contributed by atoms with van der Waals surface area (Å²) >= 11 is 0. The normalized spacial score (nSPS) is 18.9. The minimum atomic E-state index is -0.679. The first-order valence-electron chi connectivity index (χ1n) is 20.4. The van der Waals surface area contributed by atoms with Crippen molar-refractivity contribution in [3.8, 4) is 22.4 Å². The average molecular weight is 791 g/mol. The number of benzene rings is 3. The third-order valence-electron chi connectivity index (χ3n) is 12.2. The second-order valence-corrected chi connectivity index (χ2v) is 15.7. The zero-order valence-electron chi connectivity index (χ0n) is 34.1. The van der Waals surface area contributed by atoms with Gasteiger partial charge in [0, 0.05) is 18.7 Å². The molecule has 0 aliphatic carbocycles. The van der Waals surface area contributed by atoms with Gasteiger partial charge in [0.15, 0.2) is 0 Å². The Morgan fingerprint density at radius 3 is 1.81 bits per heavy atom. The number of aromatic amines is 2. The highest BCUT2D eigenvalue weighted by Crippen LogP contribution is 2.36. The number of carbonyl (C=O) groups excluding carboxylic acids is 4. The van der Waals surface area contributed by atoms with E-state index in [-0.39, 0.29) is 35.7 Å². The van der Waals surface area contributed by atoms with Crippen LogP contribution < -0.4 is 10.6 Å². The Hall–Kier alpha value is -5.92. The van der Waals surface area contributed by atoms with Crippen LogP contribution in [0.2, 0.25) is 0 Å². The molecule has 2 fully saturated rings. The van der Waals surface area contributed by atoms with E-state index in [1.165, 1.54) is 14.2 Å². The van der Waals surface area contributed by atoms with Crippen molar-refractivity contribution in [1.82, 2.24) is 40.4 Å². The molecule has 0 unspecified atom stereocenters. The molecular formula is C44H54N8O6. The Morgan fingerprint density at radius 2 is 1.24 bits per heavy atom. The van der Waals surface area contributed by atoms with Crippen LogP contribution in [0.3, 0.4) is 0 Å². The van der Waals surface area contributed by atoms with Crippen molar-refractivity contribution >= 4 is 45.8 Å². The summed E-state index contributed by atoms with van der Waals surface area (Å²) in [7, 11) is 2.60. The molecule has 7 rings (SSSR count). The summed E-state index contributed by atoms with van der Waals surface area (Å²) in [5, 5.41) is 7.68. The van der Waals surface area contributed by atoms with Gasteiger partial charge in [0.2, 0.25) is 11.8 Å². The van der Waals surface area contributed by atoms with Gasteiger partial charge >= 0.3 is 12.2 Å². The zero-order chi connectivity index (χ0) is 41.1. The van der Waals surface area contributed by atoms with Crippen molar-refractivity contribution < 1.29 is 28.7 Å². The fraction of sp³-hybridized carbons (Fsp3) is 0.455. The van der Waals surface area contributed by atoms with Crippen LogP contribution in [0.25, 0.3) is 44.2 Å². The van der Waals surface area contributed by atoms with E-state index in [0.29, 0.717) is 13.1 Å². The summed E-state index contributed by atoms with van der Waals surface area (Å²) < 4.78 is 9.63. The number of hydrogen-bond donors (Lipinski definition) is 4. The summed E-state index contributed by atoms with van der Waals surface area (Å²) in [6, 6.07) is 17.1. The van der Waals surface area contributed by atoms with Crippen LogP contribution >= 0.6 is 0 Å². The number of nitrogens with one attached hydrogen (secondary N) is 4. The second kappa shape index (κ2) is 17.3. The van der Waals surface area contributed by atoms with Gasteiger partial charge in [-0.3, -0.25) is 9.59 Å². The lowest BCUT2D eigenvalue weighted by molar-refractivity contribution is -0.136. The third-order valence-corrected chi connectivity index (χ3v) is 12.2. The van der Waals surface area contributed by atoms with Crippen molar-refractivity contribution in [2.45, 2.75) is 90.4 Å². The number of amides is 4. The molecule has 2 saturated heterocycles. The van der Waals surface area contributed by atoms with Gasteiger partial charge < -0.3 is 39.9 Å². The van der Waals surface area contributed by atoms with E-state index in [1.54, 1.807) is 0 Å². The van der Waals surface area contributed by atoms with E-state index < -0.39 is 24.3 Å². The molecule has 14 heteroatoms. The summed E-state index contributed by atoms with van der Waals surface area (Å²) in [5.41, 5.74) is 5.67. The monoisotopic (exact) mass is 790 g/mol. The summed E-state index contributed by atoms with van der Waals surface area (Å²) in [5.74, 6) is 1.11. The number of alkyl carbamates (subject to hydrolysis) is 2. The highest BCUT2D eigenvalue weighted by molar-refractivity contribution is 5.92. The quantitative estimate of drug-likeness (QED) is 0.0998. The molecule has 4 heterocycles. The average Bonchev–Trinajstić information content (AvgIpc) is 4.09. The van der Waals surface area contributed by atoms with Crippen molar-refractivity contribution in [2.24, 2.45) is 11.8 Å². The lowest BCUT2D eigenvalue weighted by Crippen LogP contribution is -2.51. The first-order valence-corrected chi connectivity index (χ1v) is 20.4. The van der Waals surface area contributed by atoms with Crippen molar-refractivity contribution in [3.63, 3.8) is 0 Å². The molecule has 0 saturated carbocycles. The first kappa shape index (κ1) is 40.3. The Labute approximate surface area is 338 Å². The molecule has 2 aliphatic heterocycles. The van der Waals surface area contributed by atoms with Crippen LogP contribution in [-0.4, -0.2) is 93.1 Å². The van der Waals surface area contributed by atoms with Gasteiger partial charge in [0.05, 0.1) is 49.2 Å². The second-order valence-electron chi connectivity index (χ2n) is 15.7. The molecule has 306 valence electrons. The minimum absolute atomic E-state index is 0.0568. The molecule has 4 amide bonds. The number of hydrogen-bond acceptors (Lipinski definition) is 8.